The van der Waals surface area contributed by atoms with Gasteiger partial charge in [0, 0.05) is 3.57 Å². The van der Waals surface area contributed by atoms with Crippen LogP contribution in [-0.2, 0) is 4.79 Å². The number of carbonyl (C=O) groups excluding carboxylic acids is 1. The maximum Gasteiger partial charge on any atom is 0.267 e. The van der Waals surface area contributed by atoms with Crippen molar-refractivity contribution >= 4 is 80.2 Å². The zero-order valence-electron chi connectivity index (χ0n) is 12.3. The van der Waals surface area contributed by atoms with E-state index in [4.69, 9.17) is 23.8 Å². The van der Waals surface area contributed by atoms with Gasteiger partial charge in [0.2, 0.25) is 0 Å². The Bertz CT molecular complexity index is 824. The van der Waals surface area contributed by atoms with Gasteiger partial charge >= 0.3 is 0 Å². The molecule has 1 saturated heterocycles. The van der Waals surface area contributed by atoms with E-state index in [-0.39, 0.29) is 5.91 Å². The van der Waals surface area contributed by atoms with Gasteiger partial charge in [-0.25, -0.2) is 0 Å². The SMILES string of the molecule is O=C1C(=Cc2ccc(I)cc2)SC(=S)N1CNc1ccccc1Cl. The zero-order chi connectivity index (χ0) is 17.1. The normalized spacial score (nSPS) is 16.1. The molecule has 0 unspecified atom stereocenters. The fraction of sp³-hybridized carbons (Fsp3) is 0.0588. The molecule has 0 radical (unpaired) electrons. The van der Waals surface area contributed by atoms with Crippen molar-refractivity contribution in [1.82, 2.24) is 4.90 Å². The minimum absolute atomic E-state index is 0.0943. The number of anilines is 1. The maximum absolute atomic E-state index is 12.6. The molecular weight excluding hydrogens is 475 g/mol. The summed E-state index contributed by atoms with van der Waals surface area (Å²) in [4.78, 5) is 14.7. The first kappa shape index (κ1) is 17.7. The molecule has 1 aliphatic heterocycles. The Kier molecular flexibility index (Phi) is 5.80. The number of carbonyl (C=O) groups is 1. The maximum atomic E-state index is 12.6. The molecular formula is C17H12ClIN2OS2. The van der Waals surface area contributed by atoms with Gasteiger partial charge in [0.05, 0.1) is 22.3 Å². The molecule has 2 aromatic rings. The van der Waals surface area contributed by atoms with Crippen molar-refractivity contribution in [3.63, 3.8) is 0 Å². The Morgan fingerprint density at radius 2 is 1.92 bits per heavy atom. The largest absolute Gasteiger partial charge is 0.366 e. The van der Waals surface area contributed by atoms with E-state index in [1.165, 1.54) is 11.8 Å². The van der Waals surface area contributed by atoms with E-state index in [9.17, 15) is 4.79 Å². The van der Waals surface area contributed by atoms with Crippen LogP contribution in [0.4, 0.5) is 5.69 Å². The van der Waals surface area contributed by atoms with E-state index in [2.05, 4.69) is 27.9 Å². The van der Waals surface area contributed by atoms with Crippen LogP contribution in [0.3, 0.4) is 0 Å². The van der Waals surface area contributed by atoms with Crippen molar-refractivity contribution in [3.8, 4) is 0 Å². The van der Waals surface area contributed by atoms with Gasteiger partial charge in [-0.3, -0.25) is 9.69 Å². The highest BCUT2D eigenvalue weighted by Gasteiger charge is 2.31. The second-order valence-electron chi connectivity index (χ2n) is 4.98. The lowest BCUT2D eigenvalue weighted by molar-refractivity contribution is -0.121. The van der Waals surface area contributed by atoms with Crippen LogP contribution in [0.2, 0.25) is 5.02 Å². The van der Waals surface area contributed by atoms with Gasteiger partial charge < -0.3 is 5.32 Å². The summed E-state index contributed by atoms with van der Waals surface area (Å²) in [5.41, 5.74) is 1.75. The number of hydrogen-bond donors (Lipinski definition) is 1. The fourth-order valence-electron chi connectivity index (χ4n) is 2.12. The molecule has 3 rings (SSSR count). The first-order valence-corrected chi connectivity index (χ1v) is 9.72. The van der Waals surface area contributed by atoms with Crippen LogP contribution >= 0.6 is 58.2 Å². The molecule has 1 fully saturated rings. The minimum Gasteiger partial charge on any atom is -0.366 e. The molecule has 0 aromatic heterocycles. The number of nitrogens with zero attached hydrogens (tertiary/aromatic N) is 1. The molecule has 24 heavy (non-hydrogen) atoms. The van der Waals surface area contributed by atoms with Crippen LogP contribution in [0, 0.1) is 3.57 Å². The topological polar surface area (TPSA) is 32.3 Å². The monoisotopic (exact) mass is 486 g/mol. The second-order valence-corrected chi connectivity index (χ2v) is 8.30. The molecule has 1 amide bonds. The molecule has 2 aromatic carbocycles. The zero-order valence-corrected chi connectivity index (χ0v) is 16.9. The van der Waals surface area contributed by atoms with Gasteiger partial charge in [0.1, 0.15) is 4.32 Å². The molecule has 0 saturated carbocycles. The molecule has 0 atom stereocenters. The van der Waals surface area contributed by atoms with Crippen LogP contribution in [0.15, 0.2) is 53.4 Å². The number of thiocarbonyl (C=S) groups is 1. The number of thioether (sulfide) groups is 1. The molecule has 0 aliphatic carbocycles. The number of hydrogen-bond acceptors (Lipinski definition) is 4. The predicted molar refractivity (Wildman–Crippen MR) is 114 cm³/mol. The summed E-state index contributed by atoms with van der Waals surface area (Å²) < 4.78 is 1.69. The lowest BCUT2D eigenvalue weighted by Crippen LogP contribution is -2.33. The van der Waals surface area contributed by atoms with Crippen molar-refractivity contribution in [2.24, 2.45) is 0 Å². The Balaban J connectivity index is 1.72. The summed E-state index contributed by atoms with van der Waals surface area (Å²) in [5, 5.41) is 3.76. The smallest absolute Gasteiger partial charge is 0.267 e. The lowest BCUT2D eigenvalue weighted by atomic mass is 10.2. The average molecular weight is 487 g/mol. The van der Waals surface area contributed by atoms with Crippen molar-refractivity contribution in [2.45, 2.75) is 0 Å². The average Bonchev–Trinajstić information content (AvgIpc) is 2.83. The third-order valence-corrected chi connectivity index (χ3v) is 5.77. The highest BCUT2D eigenvalue weighted by molar-refractivity contribution is 14.1. The molecule has 1 N–H and O–H groups in total. The summed E-state index contributed by atoms with van der Waals surface area (Å²) in [6, 6.07) is 15.4. The van der Waals surface area contributed by atoms with E-state index >= 15 is 0 Å². The Labute approximate surface area is 168 Å². The van der Waals surface area contributed by atoms with Crippen molar-refractivity contribution in [1.29, 1.82) is 0 Å². The minimum atomic E-state index is -0.0943. The second kappa shape index (κ2) is 7.86. The van der Waals surface area contributed by atoms with Crippen LogP contribution < -0.4 is 5.32 Å². The van der Waals surface area contributed by atoms with E-state index < -0.39 is 0 Å². The van der Waals surface area contributed by atoms with E-state index in [1.54, 1.807) is 11.0 Å². The highest BCUT2D eigenvalue weighted by Crippen LogP contribution is 2.32. The third kappa shape index (κ3) is 4.11. The molecule has 122 valence electrons. The lowest BCUT2D eigenvalue weighted by Gasteiger charge is -2.16. The Morgan fingerprint density at radius 1 is 1.21 bits per heavy atom. The quantitative estimate of drug-likeness (QED) is 0.365. The van der Waals surface area contributed by atoms with Gasteiger partial charge in [-0.1, -0.05) is 59.8 Å². The van der Waals surface area contributed by atoms with Gasteiger partial charge in [-0.05, 0) is 58.5 Å². The van der Waals surface area contributed by atoms with E-state index in [1.807, 2.05) is 48.5 Å². The Morgan fingerprint density at radius 3 is 2.62 bits per heavy atom. The van der Waals surface area contributed by atoms with E-state index in [0.29, 0.717) is 20.9 Å². The number of rotatable bonds is 4. The van der Waals surface area contributed by atoms with Crippen LogP contribution in [0.25, 0.3) is 6.08 Å². The summed E-state index contributed by atoms with van der Waals surface area (Å²) in [6.07, 6.45) is 1.87. The fourth-order valence-corrected chi connectivity index (χ4v) is 3.93. The molecule has 1 aliphatic rings. The van der Waals surface area contributed by atoms with E-state index in [0.717, 1.165) is 14.8 Å². The summed E-state index contributed by atoms with van der Waals surface area (Å²) in [6.45, 7) is 0.290. The van der Waals surface area contributed by atoms with Gasteiger partial charge in [0.25, 0.3) is 5.91 Å². The van der Waals surface area contributed by atoms with Crippen molar-refractivity contribution in [3.05, 3.63) is 67.6 Å². The molecule has 7 heteroatoms. The molecule has 0 spiro atoms. The van der Waals surface area contributed by atoms with Crippen molar-refractivity contribution < 1.29 is 4.79 Å². The number of halogens is 2. The standard InChI is InChI=1S/C17H12ClIN2OS2/c18-13-3-1-2-4-14(13)20-10-21-16(22)15(24-17(21)23)9-11-5-7-12(19)8-6-11/h1-9,20H,10H2. The van der Waals surface area contributed by atoms with Crippen LogP contribution in [0.5, 0.6) is 0 Å². The van der Waals surface area contributed by atoms with Crippen molar-refractivity contribution in [2.75, 3.05) is 12.0 Å². The van der Waals surface area contributed by atoms with Gasteiger partial charge in [0.15, 0.2) is 0 Å². The number of benzene rings is 2. The summed E-state index contributed by atoms with van der Waals surface area (Å²) in [7, 11) is 0. The number of nitrogens with one attached hydrogen (secondary N) is 1. The Hall–Kier alpha value is -1.09. The highest BCUT2D eigenvalue weighted by atomic mass is 127. The first-order chi connectivity index (χ1) is 11.5. The summed E-state index contributed by atoms with van der Waals surface area (Å²) >= 11 is 15.0. The van der Waals surface area contributed by atoms with Crippen LogP contribution in [-0.4, -0.2) is 21.8 Å². The van der Waals surface area contributed by atoms with Gasteiger partial charge in [-0.2, -0.15) is 0 Å². The van der Waals surface area contributed by atoms with Gasteiger partial charge in [-0.15, -0.1) is 0 Å². The predicted octanol–water partition coefficient (Wildman–Crippen LogP) is 5.22. The molecule has 1 heterocycles. The first-order valence-electron chi connectivity index (χ1n) is 7.04. The molecule has 3 nitrogen and oxygen atoms in total. The van der Waals surface area contributed by atoms with Crippen LogP contribution in [0.1, 0.15) is 5.56 Å². The third-order valence-electron chi connectivity index (χ3n) is 3.34. The number of amides is 1. The summed E-state index contributed by atoms with van der Waals surface area (Å²) in [5.74, 6) is -0.0943. The molecule has 0 bridgehead atoms. The number of para-hydroxylation sites is 1.